The summed E-state index contributed by atoms with van der Waals surface area (Å²) >= 11 is 1.26. The van der Waals surface area contributed by atoms with Crippen LogP contribution in [0.15, 0.2) is 23.1 Å². The van der Waals surface area contributed by atoms with Gasteiger partial charge in [-0.05, 0) is 13.8 Å². The predicted molar refractivity (Wildman–Crippen MR) is 97.2 cm³/mol. The van der Waals surface area contributed by atoms with Crippen LogP contribution in [0, 0.1) is 5.95 Å². The standard InChI is InChI=1S/C18H19FN4O3S/c1-10-5-12(26-18-16-13(3-4-25-16)20-9-21-18)7-23(10)8-14-17(19)22-15(27-14)6-11(2)24/h3-4,9-10,12H,5-8H2,1-2H3/t10-,12+/m0/s1. The summed E-state index contributed by atoms with van der Waals surface area (Å²) in [5.74, 6) is -0.0786. The number of furan rings is 1. The second kappa shape index (κ2) is 7.32. The molecule has 1 aliphatic rings. The van der Waals surface area contributed by atoms with Crippen LogP contribution in [0.2, 0.25) is 0 Å². The highest BCUT2D eigenvalue weighted by Gasteiger charge is 2.32. The van der Waals surface area contributed by atoms with Crippen molar-refractivity contribution in [2.45, 2.75) is 45.4 Å². The Bertz CT molecular complexity index is 973. The molecule has 27 heavy (non-hydrogen) atoms. The van der Waals surface area contributed by atoms with E-state index in [1.807, 2.05) is 0 Å². The van der Waals surface area contributed by atoms with Gasteiger partial charge in [-0.2, -0.15) is 9.37 Å². The Morgan fingerprint density at radius 3 is 3.15 bits per heavy atom. The van der Waals surface area contributed by atoms with Gasteiger partial charge in [-0.15, -0.1) is 11.3 Å². The number of ketones is 1. The number of carbonyl (C=O) groups is 1. The van der Waals surface area contributed by atoms with E-state index in [0.717, 1.165) is 6.42 Å². The minimum Gasteiger partial charge on any atom is -0.470 e. The summed E-state index contributed by atoms with van der Waals surface area (Å²) in [7, 11) is 0. The largest absolute Gasteiger partial charge is 0.470 e. The van der Waals surface area contributed by atoms with Gasteiger partial charge in [0, 0.05) is 31.6 Å². The third-order valence-corrected chi connectivity index (χ3v) is 5.61. The Kier molecular flexibility index (Phi) is 4.88. The molecule has 2 atom stereocenters. The summed E-state index contributed by atoms with van der Waals surface area (Å²) in [5, 5.41) is 0.524. The molecule has 7 nitrogen and oxygen atoms in total. The summed E-state index contributed by atoms with van der Waals surface area (Å²) in [6.45, 7) is 4.66. The zero-order valence-electron chi connectivity index (χ0n) is 15.0. The van der Waals surface area contributed by atoms with E-state index in [4.69, 9.17) is 9.15 Å². The highest BCUT2D eigenvalue weighted by Crippen LogP contribution is 2.29. The Morgan fingerprint density at radius 1 is 1.48 bits per heavy atom. The number of Topliss-reactive ketones (excluding diaryl/α,β-unsaturated/α-hetero) is 1. The van der Waals surface area contributed by atoms with E-state index in [1.54, 1.807) is 12.3 Å². The number of halogens is 1. The fourth-order valence-corrected chi connectivity index (χ4v) is 4.35. The summed E-state index contributed by atoms with van der Waals surface area (Å²) in [4.78, 5) is 26.1. The van der Waals surface area contributed by atoms with Crippen molar-refractivity contribution in [2.75, 3.05) is 6.54 Å². The number of thiazole rings is 1. The highest BCUT2D eigenvalue weighted by molar-refractivity contribution is 7.11. The Balaban J connectivity index is 1.43. The molecule has 4 rings (SSSR count). The van der Waals surface area contributed by atoms with E-state index >= 15 is 0 Å². The molecule has 0 aromatic carbocycles. The molecule has 0 spiro atoms. The van der Waals surface area contributed by atoms with E-state index < -0.39 is 5.95 Å². The van der Waals surface area contributed by atoms with Crippen molar-refractivity contribution in [3.63, 3.8) is 0 Å². The predicted octanol–water partition coefficient (Wildman–Crippen LogP) is 2.99. The van der Waals surface area contributed by atoms with Crippen molar-refractivity contribution < 1.29 is 18.3 Å². The van der Waals surface area contributed by atoms with Crippen LogP contribution in [0.1, 0.15) is 30.2 Å². The number of hydrogen-bond donors (Lipinski definition) is 0. The molecule has 0 saturated carbocycles. The maximum absolute atomic E-state index is 14.1. The first kappa shape index (κ1) is 18.0. The number of fused-ring (bicyclic) bond motifs is 1. The zero-order valence-corrected chi connectivity index (χ0v) is 15.8. The molecule has 0 unspecified atom stereocenters. The highest BCUT2D eigenvalue weighted by atomic mass is 32.1. The van der Waals surface area contributed by atoms with Crippen molar-refractivity contribution >= 4 is 28.2 Å². The van der Waals surface area contributed by atoms with E-state index in [-0.39, 0.29) is 24.3 Å². The van der Waals surface area contributed by atoms with Crippen LogP contribution in [0.4, 0.5) is 4.39 Å². The van der Waals surface area contributed by atoms with Crippen LogP contribution in [-0.4, -0.2) is 44.3 Å². The first-order chi connectivity index (χ1) is 13.0. The van der Waals surface area contributed by atoms with Crippen LogP contribution in [0.3, 0.4) is 0 Å². The third-order valence-electron chi connectivity index (χ3n) is 4.60. The fourth-order valence-electron chi connectivity index (χ4n) is 3.31. The van der Waals surface area contributed by atoms with E-state index in [1.165, 1.54) is 24.6 Å². The van der Waals surface area contributed by atoms with Gasteiger partial charge in [0.15, 0.2) is 0 Å². The topological polar surface area (TPSA) is 81.4 Å². The monoisotopic (exact) mass is 390 g/mol. The molecule has 1 saturated heterocycles. The molecule has 3 aromatic rings. The summed E-state index contributed by atoms with van der Waals surface area (Å²) < 4.78 is 25.6. The van der Waals surface area contributed by atoms with Gasteiger partial charge in [0.1, 0.15) is 28.7 Å². The number of aromatic nitrogens is 3. The number of carbonyl (C=O) groups excluding carboxylic acids is 1. The van der Waals surface area contributed by atoms with Crippen LogP contribution in [0.25, 0.3) is 11.1 Å². The fraction of sp³-hybridized carbons (Fsp3) is 0.444. The lowest BCUT2D eigenvalue weighted by molar-refractivity contribution is -0.116. The smallest absolute Gasteiger partial charge is 0.261 e. The SMILES string of the molecule is CC(=O)Cc1nc(F)c(CN2C[C@H](Oc3ncnc4ccoc34)C[C@@H]2C)s1. The van der Waals surface area contributed by atoms with Gasteiger partial charge in [-0.1, -0.05) is 0 Å². The molecule has 0 bridgehead atoms. The summed E-state index contributed by atoms with van der Waals surface area (Å²) in [6, 6.07) is 1.99. The maximum atomic E-state index is 14.1. The van der Waals surface area contributed by atoms with Crippen LogP contribution in [-0.2, 0) is 17.8 Å². The van der Waals surface area contributed by atoms with Gasteiger partial charge in [-0.3, -0.25) is 9.69 Å². The van der Waals surface area contributed by atoms with Gasteiger partial charge < -0.3 is 9.15 Å². The maximum Gasteiger partial charge on any atom is 0.261 e. The molecular formula is C18H19FN4O3S. The van der Waals surface area contributed by atoms with Crippen molar-refractivity contribution in [1.82, 2.24) is 19.9 Å². The average molecular weight is 390 g/mol. The molecule has 4 heterocycles. The molecule has 0 aliphatic carbocycles. The first-order valence-electron chi connectivity index (χ1n) is 8.72. The summed E-state index contributed by atoms with van der Waals surface area (Å²) in [5.41, 5.74) is 1.23. The minimum absolute atomic E-state index is 0.0209. The number of hydrogen-bond acceptors (Lipinski definition) is 8. The van der Waals surface area contributed by atoms with Crippen molar-refractivity contribution in [3.05, 3.63) is 34.5 Å². The van der Waals surface area contributed by atoms with Gasteiger partial charge >= 0.3 is 0 Å². The normalized spacial score (nSPS) is 20.4. The molecular weight excluding hydrogens is 371 g/mol. The van der Waals surface area contributed by atoms with Gasteiger partial charge in [-0.25, -0.2) is 9.97 Å². The second-order valence-electron chi connectivity index (χ2n) is 6.77. The van der Waals surface area contributed by atoms with Gasteiger partial charge in [0.25, 0.3) is 5.88 Å². The van der Waals surface area contributed by atoms with E-state index in [0.29, 0.717) is 40.0 Å². The first-order valence-corrected chi connectivity index (χ1v) is 9.53. The van der Waals surface area contributed by atoms with Crippen molar-refractivity contribution in [3.8, 4) is 5.88 Å². The molecule has 3 aromatic heterocycles. The number of rotatable bonds is 6. The number of ether oxygens (including phenoxy) is 1. The molecule has 1 aliphatic heterocycles. The van der Waals surface area contributed by atoms with E-state index in [9.17, 15) is 9.18 Å². The van der Waals surface area contributed by atoms with Gasteiger partial charge in [0.2, 0.25) is 11.5 Å². The number of likely N-dealkylation sites (tertiary alicyclic amines) is 1. The second-order valence-corrected chi connectivity index (χ2v) is 7.94. The Hall–Kier alpha value is -2.39. The molecule has 0 amide bonds. The average Bonchev–Trinajstić information content (AvgIpc) is 3.29. The lowest BCUT2D eigenvalue weighted by Gasteiger charge is -2.19. The van der Waals surface area contributed by atoms with Crippen molar-refractivity contribution in [1.29, 1.82) is 0 Å². The summed E-state index contributed by atoms with van der Waals surface area (Å²) in [6.07, 6.45) is 3.91. The Labute approximate surface area is 159 Å². The molecule has 142 valence electrons. The van der Waals surface area contributed by atoms with Crippen LogP contribution < -0.4 is 4.74 Å². The zero-order chi connectivity index (χ0) is 19.0. The molecule has 9 heteroatoms. The molecule has 0 N–H and O–H groups in total. The van der Waals surface area contributed by atoms with E-state index in [2.05, 4.69) is 26.8 Å². The van der Waals surface area contributed by atoms with Crippen LogP contribution in [0.5, 0.6) is 5.88 Å². The lowest BCUT2D eigenvalue weighted by atomic mass is 10.2. The minimum atomic E-state index is -0.485. The third kappa shape index (κ3) is 3.84. The van der Waals surface area contributed by atoms with Gasteiger partial charge in [0.05, 0.1) is 17.6 Å². The quantitative estimate of drug-likeness (QED) is 0.640. The molecule has 0 radical (unpaired) electrons. The van der Waals surface area contributed by atoms with Crippen LogP contribution >= 0.6 is 11.3 Å². The number of nitrogens with zero attached hydrogens (tertiary/aromatic N) is 4. The Morgan fingerprint density at radius 2 is 2.33 bits per heavy atom. The molecule has 1 fully saturated rings. The lowest BCUT2D eigenvalue weighted by Crippen LogP contribution is -2.28. The van der Waals surface area contributed by atoms with Crippen molar-refractivity contribution in [2.24, 2.45) is 0 Å².